The number of pyridine rings is 1. The lowest BCUT2D eigenvalue weighted by atomic mass is 10.1. The molecular weight excluding hydrogens is 257 g/mol. The van der Waals surface area contributed by atoms with Gasteiger partial charge in [0, 0.05) is 19.3 Å². The van der Waals surface area contributed by atoms with E-state index >= 15 is 0 Å². The van der Waals surface area contributed by atoms with Gasteiger partial charge in [0.1, 0.15) is 0 Å². The molecule has 2 heterocycles. The number of piperidine rings is 1. The van der Waals surface area contributed by atoms with E-state index in [1.165, 1.54) is 50.7 Å². The first-order valence-electron chi connectivity index (χ1n) is 7.27. The lowest BCUT2D eigenvalue weighted by Gasteiger charge is -2.29. The Labute approximate surface area is 119 Å². The van der Waals surface area contributed by atoms with Crippen LogP contribution in [0.25, 0.3) is 0 Å². The number of halogens is 1. The van der Waals surface area contributed by atoms with Gasteiger partial charge in [-0.05, 0) is 44.0 Å². The van der Waals surface area contributed by atoms with E-state index in [-0.39, 0.29) is 5.91 Å². The zero-order chi connectivity index (χ0) is 14.4. The Morgan fingerprint density at radius 3 is 2.80 bits per heavy atom. The van der Waals surface area contributed by atoms with Crippen LogP contribution in [0.2, 0.25) is 0 Å². The zero-order valence-corrected chi connectivity index (χ0v) is 11.9. The van der Waals surface area contributed by atoms with Crippen LogP contribution >= 0.6 is 0 Å². The number of nitrogens with one attached hydrogen (secondary N) is 1. The molecule has 110 valence electrons. The smallest absolute Gasteiger partial charge is 0.252 e. The summed E-state index contributed by atoms with van der Waals surface area (Å²) in [7, 11) is 0. The molecule has 1 amide bonds. The van der Waals surface area contributed by atoms with Crippen molar-refractivity contribution in [2.24, 2.45) is 5.92 Å². The van der Waals surface area contributed by atoms with Crippen molar-refractivity contribution in [2.75, 3.05) is 26.2 Å². The van der Waals surface area contributed by atoms with Crippen molar-refractivity contribution in [3.63, 3.8) is 0 Å². The average molecular weight is 279 g/mol. The molecule has 5 heteroatoms. The van der Waals surface area contributed by atoms with Crippen molar-refractivity contribution in [1.29, 1.82) is 0 Å². The van der Waals surface area contributed by atoms with Gasteiger partial charge in [0.2, 0.25) is 5.95 Å². The number of rotatable bonds is 5. The van der Waals surface area contributed by atoms with Crippen molar-refractivity contribution < 1.29 is 9.18 Å². The van der Waals surface area contributed by atoms with E-state index in [2.05, 4.69) is 22.1 Å². The molecule has 1 N–H and O–H groups in total. The Kier molecular flexibility index (Phi) is 5.47. The Balaban J connectivity index is 1.73. The first-order valence-corrected chi connectivity index (χ1v) is 7.27. The van der Waals surface area contributed by atoms with Crippen LogP contribution in [-0.2, 0) is 0 Å². The van der Waals surface area contributed by atoms with Gasteiger partial charge in [-0.3, -0.25) is 4.79 Å². The van der Waals surface area contributed by atoms with Gasteiger partial charge in [0.05, 0.1) is 5.56 Å². The molecule has 1 atom stereocenters. The van der Waals surface area contributed by atoms with Crippen LogP contribution in [0, 0.1) is 11.9 Å². The van der Waals surface area contributed by atoms with Crippen LogP contribution in [0.4, 0.5) is 4.39 Å². The molecule has 0 spiro atoms. The maximum absolute atomic E-state index is 12.7. The second-order valence-electron chi connectivity index (χ2n) is 5.55. The van der Waals surface area contributed by atoms with E-state index in [1.54, 1.807) is 0 Å². The quantitative estimate of drug-likeness (QED) is 0.839. The molecule has 2 rings (SSSR count). The minimum atomic E-state index is -0.569. The monoisotopic (exact) mass is 279 g/mol. The Hall–Kier alpha value is -1.49. The Morgan fingerprint density at radius 1 is 1.40 bits per heavy atom. The van der Waals surface area contributed by atoms with E-state index in [9.17, 15) is 9.18 Å². The molecule has 20 heavy (non-hydrogen) atoms. The maximum Gasteiger partial charge on any atom is 0.252 e. The molecule has 1 aliphatic heterocycles. The second kappa shape index (κ2) is 7.33. The fourth-order valence-corrected chi connectivity index (χ4v) is 2.53. The van der Waals surface area contributed by atoms with Crippen molar-refractivity contribution >= 4 is 5.91 Å². The number of hydrogen-bond acceptors (Lipinski definition) is 3. The van der Waals surface area contributed by atoms with Gasteiger partial charge in [-0.2, -0.15) is 4.39 Å². The average Bonchev–Trinajstić information content (AvgIpc) is 2.46. The molecule has 0 radical (unpaired) electrons. The molecular formula is C15H22FN3O. The van der Waals surface area contributed by atoms with Crippen LogP contribution in [0.1, 0.15) is 36.5 Å². The van der Waals surface area contributed by atoms with E-state index in [4.69, 9.17) is 0 Å². The largest absolute Gasteiger partial charge is 0.352 e. The summed E-state index contributed by atoms with van der Waals surface area (Å²) in [6.45, 7) is 6.12. The summed E-state index contributed by atoms with van der Waals surface area (Å²) in [6.07, 6.45) is 5.15. The summed E-state index contributed by atoms with van der Waals surface area (Å²) >= 11 is 0. The number of likely N-dealkylation sites (tertiary alicyclic amines) is 1. The third-order valence-electron chi connectivity index (χ3n) is 3.62. The predicted octanol–water partition coefficient (Wildman–Crippen LogP) is 2.07. The highest BCUT2D eigenvalue weighted by atomic mass is 19.1. The van der Waals surface area contributed by atoms with Crippen molar-refractivity contribution in [2.45, 2.75) is 26.2 Å². The number of carbonyl (C=O) groups is 1. The van der Waals surface area contributed by atoms with Gasteiger partial charge < -0.3 is 10.2 Å². The van der Waals surface area contributed by atoms with E-state index < -0.39 is 5.95 Å². The van der Waals surface area contributed by atoms with Gasteiger partial charge in [-0.1, -0.05) is 13.3 Å². The first-order chi connectivity index (χ1) is 9.65. The molecule has 0 bridgehead atoms. The number of aromatic nitrogens is 1. The summed E-state index contributed by atoms with van der Waals surface area (Å²) in [4.78, 5) is 17.8. The van der Waals surface area contributed by atoms with E-state index in [0.29, 0.717) is 18.0 Å². The molecule has 1 aromatic rings. The van der Waals surface area contributed by atoms with Crippen LogP contribution in [0.5, 0.6) is 0 Å². The maximum atomic E-state index is 12.7. The normalized spacial score (nSPS) is 17.7. The second-order valence-corrected chi connectivity index (χ2v) is 5.55. The number of nitrogens with zero attached hydrogens (tertiary/aromatic N) is 2. The number of carbonyl (C=O) groups excluding carboxylic acids is 1. The minimum Gasteiger partial charge on any atom is -0.352 e. The molecule has 1 aromatic heterocycles. The predicted molar refractivity (Wildman–Crippen MR) is 76.0 cm³/mol. The third-order valence-corrected chi connectivity index (χ3v) is 3.62. The zero-order valence-electron chi connectivity index (χ0n) is 11.9. The lowest BCUT2D eigenvalue weighted by Crippen LogP contribution is -2.38. The summed E-state index contributed by atoms with van der Waals surface area (Å²) in [5.74, 6) is -0.353. The number of hydrogen-bond donors (Lipinski definition) is 1. The highest BCUT2D eigenvalue weighted by molar-refractivity contribution is 5.93. The Morgan fingerprint density at radius 2 is 2.15 bits per heavy atom. The lowest BCUT2D eigenvalue weighted by molar-refractivity contribution is 0.0942. The van der Waals surface area contributed by atoms with Crippen LogP contribution in [0.3, 0.4) is 0 Å². The molecule has 4 nitrogen and oxygen atoms in total. The standard InChI is InChI=1S/C15H22FN3O/c1-12(11-19-7-3-2-4-8-19)9-18-15(20)13-5-6-14(16)17-10-13/h5-6,10,12H,2-4,7-9,11H2,1H3,(H,18,20). The highest BCUT2D eigenvalue weighted by Crippen LogP contribution is 2.10. The fourth-order valence-electron chi connectivity index (χ4n) is 2.53. The molecule has 1 unspecified atom stereocenters. The molecule has 1 saturated heterocycles. The molecule has 1 aliphatic rings. The summed E-state index contributed by atoms with van der Waals surface area (Å²) in [5.41, 5.74) is 0.400. The van der Waals surface area contributed by atoms with E-state index in [1.807, 2.05) is 0 Å². The van der Waals surface area contributed by atoms with Crippen LogP contribution in [-0.4, -0.2) is 42.0 Å². The minimum absolute atomic E-state index is 0.192. The van der Waals surface area contributed by atoms with E-state index in [0.717, 1.165) is 6.54 Å². The molecule has 1 fully saturated rings. The van der Waals surface area contributed by atoms with Crippen molar-refractivity contribution in [3.05, 3.63) is 29.8 Å². The van der Waals surface area contributed by atoms with Crippen molar-refractivity contribution in [3.8, 4) is 0 Å². The SMILES string of the molecule is CC(CNC(=O)c1ccc(F)nc1)CN1CCCCC1. The molecule has 0 aromatic carbocycles. The van der Waals surface area contributed by atoms with Gasteiger partial charge in [-0.15, -0.1) is 0 Å². The van der Waals surface area contributed by atoms with Crippen LogP contribution in [0.15, 0.2) is 18.3 Å². The first kappa shape index (κ1) is 14.9. The van der Waals surface area contributed by atoms with Gasteiger partial charge in [-0.25, -0.2) is 4.98 Å². The summed E-state index contributed by atoms with van der Waals surface area (Å²) in [5, 5.41) is 2.88. The Bertz CT molecular complexity index is 429. The summed E-state index contributed by atoms with van der Waals surface area (Å²) in [6, 6.07) is 2.65. The van der Waals surface area contributed by atoms with Crippen LogP contribution < -0.4 is 5.32 Å². The third kappa shape index (κ3) is 4.56. The van der Waals surface area contributed by atoms with Gasteiger partial charge in [0.25, 0.3) is 5.91 Å². The summed E-state index contributed by atoms with van der Waals surface area (Å²) < 4.78 is 12.7. The molecule has 0 aliphatic carbocycles. The fraction of sp³-hybridized carbons (Fsp3) is 0.600. The molecule has 0 saturated carbocycles. The highest BCUT2D eigenvalue weighted by Gasteiger charge is 2.14. The number of amides is 1. The topological polar surface area (TPSA) is 45.2 Å². The van der Waals surface area contributed by atoms with Gasteiger partial charge in [0.15, 0.2) is 0 Å². The van der Waals surface area contributed by atoms with Gasteiger partial charge >= 0.3 is 0 Å². The van der Waals surface area contributed by atoms with Crippen molar-refractivity contribution in [1.82, 2.24) is 15.2 Å².